The third kappa shape index (κ3) is 2.60. The molecule has 4 heteroatoms. The summed E-state index contributed by atoms with van der Waals surface area (Å²) in [5.74, 6) is -0.234. The largest absolute Gasteiger partial charge is 0.388 e. The van der Waals surface area contributed by atoms with Crippen LogP contribution >= 0.6 is 15.9 Å². The predicted molar refractivity (Wildman–Crippen MR) is 72.0 cm³/mol. The molecule has 2 nitrogen and oxygen atoms in total. The van der Waals surface area contributed by atoms with Gasteiger partial charge >= 0.3 is 0 Å². The zero-order chi connectivity index (χ0) is 12.8. The fraction of sp³-hybridized carbons (Fsp3) is 0.571. The number of β-amino-alcohol motifs (C(OH)–C–C–N with tert-alkyl or cyclic N) is 1. The van der Waals surface area contributed by atoms with E-state index in [1.54, 1.807) is 6.07 Å². The van der Waals surface area contributed by atoms with E-state index in [4.69, 9.17) is 0 Å². The van der Waals surface area contributed by atoms with Gasteiger partial charge in [0.05, 0.1) is 5.60 Å². The highest BCUT2D eigenvalue weighted by atomic mass is 79.9. The second-order valence-electron chi connectivity index (χ2n) is 5.59. The van der Waals surface area contributed by atoms with E-state index < -0.39 is 5.60 Å². The number of nitrogens with zero attached hydrogens (tertiary/aromatic N) is 1. The van der Waals surface area contributed by atoms with Crippen molar-refractivity contribution in [2.45, 2.75) is 37.3 Å². The van der Waals surface area contributed by atoms with E-state index in [9.17, 15) is 9.50 Å². The predicted octanol–water partition coefficient (Wildman–Crippen LogP) is 2.73. The summed E-state index contributed by atoms with van der Waals surface area (Å²) in [4.78, 5) is 2.34. The van der Waals surface area contributed by atoms with Gasteiger partial charge in [-0.15, -0.1) is 0 Å². The van der Waals surface area contributed by atoms with Crippen molar-refractivity contribution >= 4 is 15.9 Å². The Labute approximate surface area is 115 Å². The summed E-state index contributed by atoms with van der Waals surface area (Å²) in [6.45, 7) is 1.63. The fourth-order valence-electron chi connectivity index (χ4n) is 2.80. The summed E-state index contributed by atoms with van der Waals surface area (Å²) < 4.78 is 14.5. The molecule has 1 aliphatic carbocycles. The Morgan fingerprint density at radius 3 is 2.89 bits per heavy atom. The van der Waals surface area contributed by atoms with Crippen LogP contribution in [0, 0.1) is 5.82 Å². The molecule has 2 fully saturated rings. The zero-order valence-corrected chi connectivity index (χ0v) is 11.8. The van der Waals surface area contributed by atoms with Crippen molar-refractivity contribution in [2.75, 3.05) is 13.1 Å². The van der Waals surface area contributed by atoms with Crippen molar-refractivity contribution in [3.8, 4) is 0 Å². The molecule has 0 bridgehead atoms. The van der Waals surface area contributed by atoms with Gasteiger partial charge < -0.3 is 5.11 Å². The van der Waals surface area contributed by atoms with E-state index >= 15 is 0 Å². The van der Waals surface area contributed by atoms with Gasteiger partial charge in [-0.25, -0.2) is 4.39 Å². The van der Waals surface area contributed by atoms with Crippen molar-refractivity contribution in [1.29, 1.82) is 0 Å². The van der Waals surface area contributed by atoms with Gasteiger partial charge in [0.2, 0.25) is 0 Å². The normalized spacial score (nSPS) is 28.8. The minimum absolute atomic E-state index is 0.234. The molecule has 1 heterocycles. The van der Waals surface area contributed by atoms with Crippen LogP contribution in [0.4, 0.5) is 4.39 Å². The Balaban J connectivity index is 1.71. The van der Waals surface area contributed by atoms with E-state index in [1.165, 1.54) is 18.9 Å². The highest BCUT2D eigenvalue weighted by Crippen LogP contribution is 2.35. The van der Waals surface area contributed by atoms with Crippen LogP contribution in [-0.2, 0) is 6.42 Å². The topological polar surface area (TPSA) is 23.5 Å². The van der Waals surface area contributed by atoms with Gasteiger partial charge in [-0.3, -0.25) is 4.90 Å². The molecule has 98 valence electrons. The lowest BCUT2D eigenvalue weighted by Crippen LogP contribution is -2.36. The fourth-order valence-corrected chi connectivity index (χ4v) is 3.14. The Bertz CT molecular complexity index is 463. The molecule has 1 saturated heterocycles. The van der Waals surface area contributed by atoms with Crippen LogP contribution in [0.25, 0.3) is 0 Å². The summed E-state index contributed by atoms with van der Waals surface area (Å²) in [5.41, 5.74) is -0.143. The van der Waals surface area contributed by atoms with Gasteiger partial charge in [0.25, 0.3) is 0 Å². The number of likely N-dealkylation sites (tertiary alicyclic amines) is 1. The molecule has 1 unspecified atom stereocenters. The first-order valence-electron chi connectivity index (χ1n) is 6.46. The van der Waals surface area contributed by atoms with Crippen molar-refractivity contribution in [3.05, 3.63) is 34.1 Å². The summed E-state index contributed by atoms with van der Waals surface area (Å²) in [6, 6.07) is 5.73. The van der Waals surface area contributed by atoms with E-state index in [1.807, 2.05) is 6.07 Å². The third-order valence-corrected chi connectivity index (χ3v) is 4.45. The smallest absolute Gasteiger partial charge is 0.127 e. The molecule has 1 aliphatic heterocycles. The Morgan fingerprint density at radius 1 is 1.44 bits per heavy atom. The minimum atomic E-state index is -0.753. The van der Waals surface area contributed by atoms with E-state index in [0.29, 0.717) is 24.6 Å². The van der Waals surface area contributed by atoms with Crippen molar-refractivity contribution in [3.63, 3.8) is 0 Å². The molecule has 0 spiro atoms. The molecule has 1 saturated carbocycles. The van der Waals surface area contributed by atoms with Gasteiger partial charge in [0, 0.05) is 30.0 Å². The maximum absolute atomic E-state index is 13.8. The Kier molecular flexibility index (Phi) is 3.20. The Hall–Kier alpha value is -0.450. The molecule has 1 aromatic carbocycles. The lowest BCUT2D eigenvalue weighted by atomic mass is 9.93. The summed E-state index contributed by atoms with van der Waals surface area (Å²) in [6.07, 6.45) is 3.67. The van der Waals surface area contributed by atoms with Gasteiger partial charge in [-0.1, -0.05) is 22.0 Å². The first-order chi connectivity index (χ1) is 8.56. The van der Waals surface area contributed by atoms with Gasteiger partial charge in [-0.2, -0.15) is 0 Å². The highest BCUT2D eigenvalue weighted by molar-refractivity contribution is 9.10. The molecule has 1 aromatic rings. The first-order valence-corrected chi connectivity index (χ1v) is 7.25. The quantitative estimate of drug-likeness (QED) is 0.927. The average Bonchev–Trinajstić information content (AvgIpc) is 3.08. The maximum Gasteiger partial charge on any atom is 0.127 e. The molecule has 1 N–H and O–H groups in total. The number of aliphatic hydroxyl groups is 1. The van der Waals surface area contributed by atoms with Crippen molar-refractivity contribution in [1.82, 2.24) is 4.90 Å². The van der Waals surface area contributed by atoms with Gasteiger partial charge in [0.1, 0.15) is 5.82 Å². The summed E-state index contributed by atoms with van der Waals surface area (Å²) in [7, 11) is 0. The van der Waals surface area contributed by atoms with Crippen LogP contribution in [-0.4, -0.2) is 34.7 Å². The van der Waals surface area contributed by atoms with Crippen LogP contribution in [0.1, 0.15) is 24.8 Å². The lowest BCUT2D eigenvalue weighted by Gasteiger charge is -2.23. The molecule has 0 aromatic heterocycles. The SMILES string of the molecule is OC1(Cc2ccc(Br)cc2F)CCN(C2CC2)C1. The van der Waals surface area contributed by atoms with E-state index in [0.717, 1.165) is 17.4 Å². The number of hydrogen-bond donors (Lipinski definition) is 1. The van der Waals surface area contributed by atoms with Crippen LogP contribution in [0.5, 0.6) is 0 Å². The standard InChI is InChI=1S/C14H17BrFNO/c15-11-2-1-10(13(16)7-11)8-14(18)5-6-17(9-14)12-3-4-12/h1-2,7,12,18H,3-6,8-9H2. The number of halogens is 2. The highest BCUT2D eigenvalue weighted by Gasteiger charge is 2.42. The van der Waals surface area contributed by atoms with Gasteiger partial charge in [0.15, 0.2) is 0 Å². The maximum atomic E-state index is 13.8. The molecule has 18 heavy (non-hydrogen) atoms. The summed E-state index contributed by atoms with van der Waals surface area (Å²) >= 11 is 3.25. The van der Waals surface area contributed by atoms with E-state index in [-0.39, 0.29) is 5.82 Å². The number of rotatable bonds is 3. The van der Waals surface area contributed by atoms with Crippen LogP contribution in [0.3, 0.4) is 0 Å². The van der Waals surface area contributed by atoms with Crippen LogP contribution in [0.15, 0.2) is 22.7 Å². The van der Waals surface area contributed by atoms with Crippen molar-refractivity contribution in [2.24, 2.45) is 0 Å². The van der Waals surface area contributed by atoms with E-state index in [2.05, 4.69) is 20.8 Å². The molecule has 0 radical (unpaired) electrons. The monoisotopic (exact) mass is 313 g/mol. The minimum Gasteiger partial charge on any atom is -0.388 e. The molecular formula is C14H17BrFNO. The van der Waals surface area contributed by atoms with Gasteiger partial charge in [-0.05, 0) is 37.0 Å². The first kappa shape index (κ1) is 12.6. The third-order valence-electron chi connectivity index (χ3n) is 3.96. The Morgan fingerprint density at radius 2 is 2.22 bits per heavy atom. The molecular weight excluding hydrogens is 297 g/mol. The molecule has 1 atom stereocenters. The molecule has 2 aliphatic rings. The molecule has 0 amide bonds. The second-order valence-corrected chi connectivity index (χ2v) is 6.50. The lowest BCUT2D eigenvalue weighted by molar-refractivity contribution is 0.0479. The average molecular weight is 314 g/mol. The van der Waals surface area contributed by atoms with Crippen LogP contribution < -0.4 is 0 Å². The number of hydrogen-bond acceptors (Lipinski definition) is 2. The second kappa shape index (κ2) is 4.58. The molecule has 3 rings (SSSR count). The zero-order valence-electron chi connectivity index (χ0n) is 10.2. The van der Waals surface area contributed by atoms with Crippen LogP contribution in [0.2, 0.25) is 0 Å². The summed E-state index contributed by atoms with van der Waals surface area (Å²) in [5, 5.41) is 10.6. The van der Waals surface area contributed by atoms with Crippen molar-refractivity contribution < 1.29 is 9.50 Å². The number of benzene rings is 1.